The molecule has 120 valence electrons. The van der Waals surface area contributed by atoms with Crippen molar-refractivity contribution < 1.29 is 9.47 Å². The van der Waals surface area contributed by atoms with Crippen LogP contribution in [-0.2, 0) is 0 Å². The summed E-state index contributed by atoms with van der Waals surface area (Å²) in [6.45, 7) is 5.49. The molecular formula is C16H27ClN2O2. The van der Waals surface area contributed by atoms with Gasteiger partial charge in [0, 0.05) is 17.7 Å². The van der Waals surface area contributed by atoms with Crippen LogP contribution < -0.4 is 14.8 Å². The van der Waals surface area contributed by atoms with Crippen molar-refractivity contribution >= 4 is 12.4 Å². The molecule has 1 aliphatic heterocycles. The first-order valence-electron chi connectivity index (χ1n) is 7.35. The Morgan fingerprint density at radius 2 is 2.05 bits per heavy atom. The third kappa shape index (κ3) is 3.82. The van der Waals surface area contributed by atoms with Gasteiger partial charge in [0.1, 0.15) is 11.5 Å². The molecule has 1 heterocycles. The Hall–Kier alpha value is -0.970. The molecule has 5 heteroatoms. The Balaban J connectivity index is 0.00000220. The molecule has 1 aliphatic rings. The lowest BCUT2D eigenvalue weighted by molar-refractivity contribution is 0.232. The average molecular weight is 315 g/mol. The fourth-order valence-corrected chi connectivity index (χ4v) is 3.27. The van der Waals surface area contributed by atoms with E-state index in [-0.39, 0.29) is 12.4 Å². The van der Waals surface area contributed by atoms with E-state index in [1.54, 1.807) is 14.2 Å². The first-order chi connectivity index (χ1) is 9.74. The number of nitrogens with zero attached hydrogens (tertiary/aromatic N) is 1. The van der Waals surface area contributed by atoms with Gasteiger partial charge in [0.15, 0.2) is 0 Å². The van der Waals surface area contributed by atoms with Crippen LogP contribution in [0, 0.1) is 5.92 Å². The van der Waals surface area contributed by atoms with Gasteiger partial charge in [-0.2, -0.15) is 0 Å². The molecule has 1 aromatic rings. The maximum absolute atomic E-state index is 5.59. The smallest absolute Gasteiger partial charge is 0.127 e. The van der Waals surface area contributed by atoms with Gasteiger partial charge < -0.3 is 14.8 Å². The SMILES string of the molecule is CCN1CC[C@@H](CNC)[C@@H]1c1ccc(OC)cc1OC.Cl. The average Bonchev–Trinajstić information content (AvgIpc) is 2.89. The molecule has 1 aromatic carbocycles. The summed E-state index contributed by atoms with van der Waals surface area (Å²) in [5.74, 6) is 2.40. The monoisotopic (exact) mass is 314 g/mol. The first kappa shape index (κ1) is 18.1. The fraction of sp³-hybridized carbons (Fsp3) is 0.625. The Labute approximate surface area is 134 Å². The zero-order valence-electron chi connectivity index (χ0n) is 13.4. The summed E-state index contributed by atoms with van der Waals surface area (Å²) in [5, 5.41) is 3.32. The van der Waals surface area contributed by atoms with E-state index in [1.165, 1.54) is 12.0 Å². The molecule has 0 radical (unpaired) electrons. The van der Waals surface area contributed by atoms with E-state index in [0.717, 1.165) is 31.1 Å². The Bertz CT molecular complexity index is 442. The molecule has 0 saturated carbocycles. The number of ether oxygens (including phenoxy) is 2. The number of hydrogen-bond donors (Lipinski definition) is 1. The molecule has 0 bridgehead atoms. The van der Waals surface area contributed by atoms with Crippen molar-refractivity contribution in [2.75, 3.05) is 40.9 Å². The Morgan fingerprint density at radius 3 is 2.62 bits per heavy atom. The molecule has 4 nitrogen and oxygen atoms in total. The Kier molecular flexibility index (Phi) is 7.29. The van der Waals surface area contributed by atoms with Crippen LogP contribution in [0.5, 0.6) is 11.5 Å². The maximum Gasteiger partial charge on any atom is 0.127 e. The number of halogens is 1. The van der Waals surface area contributed by atoms with Crippen molar-refractivity contribution in [2.24, 2.45) is 5.92 Å². The van der Waals surface area contributed by atoms with Crippen LogP contribution in [-0.4, -0.2) is 45.8 Å². The van der Waals surface area contributed by atoms with Crippen LogP contribution in [0.4, 0.5) is 0 Å². The van der Waals surface area contributed by atoms with Gasteiger partial charge in [-0.3, -0.25) is 4.90 Å². The molecule has 0 amide bonds. The maximum atomic E-state index is 5.59. The molecule has 2 atom stereocenters. The summed E-state index contributed by atoms with van der Waals surface area (Å²) in [4.78, 5) is 2.53. The number of nitrogens with one attached hydrogen (secondary N) is 1. The lowest BCUT2D eigenvalue weighted by atomic mass is 9.92. The molecule has 0 spiro atoms. The summed E-state index contributed by atoms with van der Waals surface area (Å²) in [6, 6.07) is 6.59. The topological polar surface area (TPSA) is 33.7 Å². The van der Waals surface area contributed by atoms with E-state index in [9.17, 15) is 0 Å². The molecule has 1 N–H and O–H groups in total. The second-order valence-corrected chi connectivity index (χ2v) is 5.29. The highest BCUT2D eigenvalue weighted by Crippen LogP contribution is 2.41. The van der Waals surface area contributed by atoms with Gasteiger partial charge in [-0.05, 0) is 45.1 Å². The fourth-order valence-electron chi connectivity index (χ4n) is 3.27. The minimum absolute atomic E-state index is 0. The predicted octanol–water partition coefficient (Wildman–Crippen LogP) is 2.73. The van der Waals surface area contributed by atoms with Crippen molar-refractivity contribution in [3.05, 3.63) is 23.8 Å². The highest BCUT2D eigenvalue weighted by molar-refractivity contribution is 5.85. The molecular weight excluding hydrogens is 288 g/mol. The van der Waals surface area contributed by atoms with Crippen LogP contribution >= 0.6 is 12.4 Å². The third-order valence-electron chi connectivity index (χ3n) is 4.26. The summed E-state index contributed by atoms with van der Waals surface area (Å²) < 4.78 is 10.9. The lowest BCUT2D eigenvalue weighted by Crippen LogP contribution is -2.29. The van der Waals surface area contributed by atoms with Crippen molar-refractivity contribution in [1.82, 2.24) is 10.2 Å². The molecule has 0 aliphatic carbocycles. The van der Waals surface area contributed by atoms with Crippen LogP contribution in [0.15, 0.2) is 18.2 Å². The van der Waals surface area contributed by atoms with E-state index in [2.05, 4.69) is 23.2 Å². The van der Waals surface area contributed by atoms with Crippen LogP contribution in [0.2, 0.25) is 0 Å². The molecule has 1 fully saturated rings. The van der Waals surface area contributed by atoms with Crippen molar-refractivity contribution in [3.8, 4) is 11.5 Å². The van der Waals surface area contributed by atoms with Crippen LogP contribution in [0.3, 0.4) is 0 Å². The zero-order chi connectivity index (χ0) is 14.5. The standard InChI is InChI=1S/C16H26N2O2.ClH/c1-5-18-9-8-12(11-17-2)16(18)14-7-6-13(19-3)10-15(14)20-4;/h6-7,10,12,16-17H,5,8-9,11H2,1-4H3;1H/t12-,16+;/m0./s1. The second kappa shape index (κ2) is 8.47. The molecule has 0 aromatic heterocycles. The molecule has 0 unspecified atom stereocenters. The number of hydrogen-bond acceptors (Lipinski definition) is 4. The number of rotatable bonds is 6. The Morgan fingerprint density at radius 1 is 1.29 bits per heavy atom. The second-order valence-electron chi connectivity index (χ2n) is 5.29. The highest BCUT2D eigenvalue weighted by atomic mass is 35.5. The van der Waals surface area contributed by atoms with Crippen molar-refractivity contribution in [3.63, 3.8) is 0 Å². The van der Waals surface area contributed by atoms with Crippen molar-refractivity contribution in [1.29, 1.82) is 0 Å². The van der Waals surface area contributed by atoms with Gasteiger partial charge in [-0.1, -0.05) is 13.0 Å². The molecule has 21 heavy (non-hydrogen) atoms. The first-order valence-corrected chi connectivity index (χ1v) is 7.35. The molecule has 1 saturated heterocycles. The van der Waals surface area contributed by atoms with Gasteiger partial charge in [0.05, 0.1) is 14.2 Å². The lowest BCUT2D eigenvalue weighted by Gasteiger charge is -2.29. The van der Waals surface area contributed by atoms with Gasteiger partial charge in [0.2, 0.25) is 0 Å². The minimum atomic E-state index is 0. The summed E-state index contributed by atoms with van der Waals surface area (Å²) in [5.41, 5.74) is 1.27. The van der Waals surface area contributed by atoms with Gasteiger partial charge in [0.25, 0.3) is 0 Å². The molecule has 2 rings (SSSR count). The number of likely N-dealkylation sites (tertiary alicyclic amines) is 1. The largest absolute Gasteiger partial charge is 0.497 e. The third-order valence-corrected chi connectivity index (χ3v) is 4.26. The van der Waals surface area contributed by atoms with E-state index in [1.807, 2.05) is 19.2 Å². The van der Waals surface area contributed by atoms with Gasteiger partial charge in [-0.15, -0.1) is 12.4 Å². The minimum Gasteiger partial charge on any atom is -0.497 e. The predicted molar refractivity (Wildman–Crippen MR) is 88.8 cm³/mol. The number of benzene rings is 1. The summed E-state index contributed by atoms with van der Waals surface area (Å²) in [7, 11) is 5.44. The van der Waals surface area contributed by atoms with E-state index in [4.69, 9.17) is 9.47 Å². The highest BCUT2D eigenvalue weighted by Gasteiger charge is 2.35. The van der Waals surface area contributed by atoms with Gasteiger partial charge >= 0.3 is 0 Å². The quantitative estimate of drug-likeness (QED) is 0.875. The van der Waals surface area contributed by atoms with E-state index in [0.29, 0.717) is 12.0 Å². The van der Waals surface area contributed by atoms with E-state index < -0.39 is 0 Å². The van der Waals surface area contributed by atoms with Crippen LogP contribution in [0.1, 0.15) is 24.9 Å². The normalized spacial score (nSPS) is 21.9. The van der Waals surface area contributed by atoms with Crippen LogP contribution in [0.25, 0.3) is 0 Å². The van der Waals surface area contributed by atoms with E-state index >= 15 is 0 Å². The summed E-state index contributed by atoms with van der Waals surface area (Å²) in [6.07, 6.45) is 1.23. The van der Waals surface area contributed by atoms with Crippen molar-refractivity contribution in [2.45, 2.75) is 19.4 Å². The number of methoxy groups -OCH3 is 2. The summed E-state index contributed by atoms with van der Waals surface area (Å²) >= 11 is 0. The zero-order valence-corrected chi connectivity index (χ0v) is 14.2. The van der Waals surface area contributed by atoms with Gasteiger partial charge in [-0.25, -0.2) is 0 Å².